The zero-order chi connectivity index (χ0) is 26.2. The van der Waals surface area contributed by atoms with Gasteiger partial charge in [-0.2, -0.15) is 0 Å². The van der Waals surface area contributed by atoms with Gasteiger partial charge in [-0.3, -0.25) is 0 Å². The van der Waals surface area contributed by atoms with Crippen molar-refractivity contribution in [3.05, 3.63) is 150 Å². The van der Waals surface area contributed by atoms with Crippen LogP contribution in [0.15, 0.2) is 150 Å². The first-order chi connectivity index (χ1) is 19.2. The molecule has 39 heavy (non-hydrogen) atoms. The van der Waals surface area contributed by atoms with E-state index in [0.29, 0.717) is 0 Å². The predicted molar refractivity (Wildman–Crippen MR) is 169 cm³/mol. The van der Waals surface area contributed by atoms with Gasteiger partial charge in [0.25, 0.3) is 0 Å². The summed E-state index contributed by atoms with van der Waals surface area (Å²) in [5.74, 6) is 0. The minimum absolute atomic E-state index is 1.04. The molecule has 7 rings (SSSR count). The van der Waals surface area contributed by atoms with Crippen molar-refractivity contribution in [1.82, 2.24) is 4.98 Å². The number of fused-ring (bicyclic) bond motifs is 3. The van der Waals surface area contributed by atoms with Crippen molar-refractivity contribution in [3.8, 4) is 22.3 Å². The van der Waals surface area contributed by atoms with Crippen LogP contribution in [0.3, 0.4) is 0 Å². The van der Waals surface area contributed by atoms with Crippen LogP contribution in [0.25, 0.3) is 44.1 Å². The molecule has 0 bridgehead atoms. The number of halogens is 1. The van der Waals surface area contributed by atoms with Gasteiger partial charge >= 0.3 is 0 Å². The molecule has 0 unspecified atom stereocenters. The van der Waals surface area contributed by atoms with E-state index in [2.05, 4.69) is 171 Å². The lowest BCUT2D eigenvalue weighted by Crippen LogP contribution is -2.10. The molecule has 0 fully saturated rings. The van der Waals surface area contributed by atoms with E-state index in [0.717, 1.165) is 32.6 Å². The quantitative estimate of drug-likeness (QED) is 0.220. The topological polar surface area (TPSA) is 19.0 Å². The summed E-state index contributed by atoms with van der Waals surface area (Å²) in [5, 5.41) is 2.41. The van der Waals surface area contributed by atoms with E-state index in [1.165, 1.54) is 33.0 Å². The van der Waals surface area contributed by atoms with Gasteiger partial charge in [-0.25, -0.2) is 0 Å². The van der Waals surface area contributed by atoms with Gasteiger partial charge in [0, 0.05) is 37.8 Å². The van der Waals surface area contributed by atoms with Crippen molar-refractivity contribution in [2.45, 2.75) is 0 Å². The van der Waals surface area contributed by atoms with Crippen molar-refractivity contribution < 1.29 is 0 Å². The molecule has 6 aromatic carbocycles. The van der Waals surface area contributed by atoms with Crippen molar-refractivity contribution in [3.63, 3.8) is 0 Å². The third-order valence-electron chi connectivity index (χ3n) is 7.28. The highest BCUT2D eigenvalue weighted by Crippen LogP contribution is 2.41. The summed E-state index contributed by atoms with van der Waals surface area (Å²) in [6.07, 6.45) is 0. The molecule has 2 nitrogen and oxygen atoms in total. The van der Waals surface area contributed by atoms with E-state index in [9.17, 15) is 0 Å². The Morgan fingerprint density at radius 1 is 0.436 bits per heavy atom. The molecule has 7 aromatic rings. The number of aromatic nitrogens is 1. The molecule has 0 aliphatic carbocycles. The van der Waals surface area contributed by atoms with Crippen LogP contribution in [0.2, 0.25) is 0 Å². The molecule has 1 N–H and O–H groups in total. The lowest BCUT2D eigenvalue weighted by atomic mass is 10.0. The molecule has 0 amide bonds. The maximum absolute atomic E-state index is 3.87. The van der Waals surface area contributed by atoms with E-state index < -0.39 is 0 Å². The Morgan fingerprint density at radius 3 is 1.49 bits per heavy atom. The van der Waals surface area contributed by atoms with Gasteiger partial charge in [0.1, 0.15) is 0 Å². The number of para-hydroxylation sites is 1. The fourth-order valence-corrected chi connectivity index (χ4v) is 5.88. The second kappa shape index (κ2) is 9.94. The average molecular weight is 566 g/mol. The number of rotatable bonds is 5. The number of aromatic amines is 1. The molecule has 0 atom stereocenters. The van der Waals surface area contributed by atoms with Crippen molar-refractivity contribution >= 4 is 54.8 Å². The number of anilines is 3. The van der Waals surface area contributed by atoms with Gasteiger partial charge in [-0.05, 0) is 80.6 Å². The zero-order valence-corrected chi connectivity index (χ0v) is 22.8. The number of nitrogens with one attached hydrogen (secondary N) is 1. The molecule has 0 saturated carbocycles. The SMILES string of the molecule is Brc1cc(N(c2ccc(-c3ccccc3)cc2)c2ccc(-c3ccccc3)cc2)cc2c1[nH]c1ccccc12. The fourth-order valence-electron chi connectivity index (χ4n) is 5.34. The van der Waals surface area contributed by atoms with Crippen LogP contribution in [-0.4, -0.2) is 4.98 Å². The fraction of sp³-hybridized carbons (Fsp3) is 0. The lowest BCUT2D eigenvalue weighted by Gasteiger charge is -2.26. The molecule has 0 aliphatic heterocycles. The van der Waals surface area contributed by atoms with Crippen molar-refractivity contribution in [2.75, 3.05) is 4.90 Å². The Bertz CT molecular complexity index is 1810. The summed E-state index contributed by atoms with van der Waals surface area (Å²) in [5.41, 5.74) is 10.4. The van der Waals surface area contributed by atoms with Crippen LogP contribution in [0, 0.1) is 0 Å². The Hall–Kier alpha value is -4.60. The van der Waals surface area contributed by atoms with E-state index in [4.69, 9.17) is 0 Å². The van der Waals surface area contributed by atoms with Gasteiger partial charge in [0.15, 0.2) is 0 Å². The summed E-state index contributed by atoms with van der Waals surface area (Å²) >= 11 is 3.87. The molecule has 0 radical (unpaired) electrons. The van der Waals surface area contributed by atoms with E-state index in [-0.39, 0.29) is 0 Å². The lowest BCUT2D eigenvalue weighted by molar-refractivity contribution is 1.29. The Kier molecular flexibility index (Phi) is 5.99. The van der Waals surface area contributed by atoms with Crippen LogP contribution in [0.1, 0.15) is 0 Å². The van der Waals surface area contributed by atoms with Gasteiger partial charge in [-0.1, -0.05) is 103 Å². The monoisotopic (exact) mass is 564 g/mol. The summed E-state index contributed by atoms with van der Waals surface area (Å²) in [6, 6.07) is 51.6. The number of benzene rings is 6. The Morgan fingerprint density at radius 2 is 0.923 bits per heavy atom. The zero-order valence-electron chi connectivity index (χ0n) is 21.2. The first-order valence-corrected chi connectivity index (χ1v) is 13.8. The van der Waals surface area contributed by atoms with E-state index in [1.807, 2.05) is 0 Å². The third kappa shape index (κ3) is 4.41. The predicted octanol–water partition coefficient (Wildman–Crippen LogP) is 10.9. The second-order valence-corrected chi connectivity index (χ2v) is 10.5. The number of nitrogens with zero attached hydrogens (tertiary/aromatic N) is 1. The summed E-state index contributed by atoms with van der Waals surface area (Å²) < 4.78 is 1.04. The summed E-state index contributed by atoms with van der Waals surface area (Å²) in [7, 11) is 0. The van der Waals surface area contributed by atoms with Crippen molar-refractivity contribution in [2.24, 2.45) is 0 Å². The van der Waals surface area contributed by atoms with E-state index >= 15 is 0 Å². The largest absolute Gasteiger partial charge is 0.354 e. The van der Waals surface area contributed by atoms with E-state index in [1.54, 1.807) is 0 Å². The molecule has 1 heterocycles. The summed E-state index contributed by atoms with van der Waals surface area (Å²) in [4.78, 5) is 5.91. The van der Waals surface area contributed by atoms with Crippen LogP contribution in [-0.2, 0) is 0 Å². The smallest absolute Gasteiger partial charge is 0.0610 e. The van der Waals surface area contributed by atoms with Crippen LogP contribution in [0.5, 0.6) is 0 Å². The Labute approximate surface area is 236 Å². The molecule has 0 aliphatic rings. The standard InChI is InChI=1S/C36H25BrN2/c37-34-24-31(23-33-32-13-7-8-14-35(32)38-36(33)34)39(29-19-15-27(16-20-29)25-9-3-1-4-10-25)30-21-17-28(18-22-30)26-11-5-2-6-12-26/h1-24,38H. The molecule has 1 aromatic heterocycles. The number of hydrogen-bond donors (Lipinski definition) is 1. The molecular weight excluding hydrogens is 540 g/mol. The Balaban J connectivity index is 1.38. The van der Waals surface area contributed by atoms with Crippen LogP contribution < -0.4 is 4.90 Å². The minimum atomic E-state index is 1.04. The second-order valence-electron chi connectivity index (χ2n) is 9.68. The first kappa shape index (κ1) is 23.5. The highest BCUT2D eigenvalue weighted by atomic mass is 79.9. The molecule has 186 valence electrons. The highest BCUT2D eigenvalue weighted by molar-refractivity contribution is 9.10. The number of H-pyrrole nitrogens is 1. The van der Waals surface area contributed by atoms with Gasteiger partial charge in [-0.15, -0.1) is 0 Å². The number of hydrogen-bond acceptors (Lipinski definition) is 1. The molecule has 3 heteroatoms. The van der Waals surface area contributed by atoms with Gasteiger partial charge in [0.2, 0.25) is 0 Å². The van der Waals surface area contributed by atoms with Crippen LogP contribution in [0.4, 0.5) is 17.1 Å². The minimum Gasteiger partial charge on any atom is -0.354 e. The highest BCUT2D eigenvalue weighted by Gasteiger charge is 2.17. The molecule has 0 saturated heterocycles. The molecule has 0 spiro atoms. The normalized spacial score (nSPS) is 11.2. The molecular formula is C36H25BrN2. The maximum Gasteiger partial charge on any atom is 0.0610 e. The van der Waals surface area contributed by atoms with Crippen molar-refractivity contribution in [1.29, 1.82) is 0 Å². The third-order valence-corrected chi connectivity index (χ3v) is 7.90. The van der Waals surface area contributed by atoms with Gasteiger partial charge < -0.3 is 9.88 Å². The average Bonchev–Trinajstić information content (AvgIpc) is 3.38. The van der Waals surface area contributed by atoms with Crippen LogP contribution >= 0.6 is 15.9 Å². The maximum atomic E-state index is 3.87. The first-order valence-electron chi connectivity index (χ1n) is 13.1. The van der Waals surface area contributed by atoms with Gasteiger partial charge in [0.05, 0.1) is 5.52 Å². The summed E-state index contributed by atoms with van der Waals surface area (Å²) in [6.45, 7) is 0.